The van der Waals surface area contributed by atoms with Crippen LogP contribution >= 0.6 is 0 Å². The Morgan fingerprint density at radius 3 is 2.65 bits per heavy atom. The summed E-state index contributed by atoms with van der Waals surface area (Å²) in [6.07, 6.45) is 1.55. The third-order valence-corrected chi connectivity index (χ3v) is 2.92. The predicted molar refractivity (Wildman–Crippen MR) is 67.9 cm³/mol. The first kappa shape index (κ1) is 12.5. The lowest BCUT2D eigenvalue weighted by Crippen LogP contribution is -2.06. The summed E-state index contributed by atoms with van der Waals surface area (Å²) in [5.74, 6) is -4.21. The summed E-state index contributed by atoms with van der Waals surface area (Å²) in [4.78, 5) is 8.15. The van der Waals surface area contributed by atoms with E-state index in [1.807, 2.05) is 6.92 Å². The van der Waals surface area contributed by atoms with E-state index in [9.17, 15) is 13.2 Å². The number of nitrogens with zero attached hydrogens (tertiary/aromatic N) is 3. The first-order valence-electron chi connectivity index (χ1n) is 5.73. The van der Waals surface area contributed by atoms with Crippen molar-refractivity contribution in [2.24, 2.45) is 0 Å². The van der Waals surface area contributed by atoms with Gasteiger partial charge in [-0.2, -0.15) is 0 Å². The summed E-state index contributed by atoms with van der Waals surface area (Å²) in [6, 6.07) is 3.63. The van der Waals surface area contributed by atoms with Crippen LogP contribution in [-0.4, -0.2) is 14.5 Å². The third kappa shape index (κ3) is 1.70. The van der Waals surface area contributed by atoms with Crippen molar-refractivity contribution in [3.05, 3.63) is 47.4 Å². The molecule has 0 amide bonds. The molecule has 3 aromatic rings. The normalized spacial score (nSPS) is 11.2. The Bertz CT molecular complexity index is 826. The van der Waals surface area contributed by atoms with Crippen molar-refractivity contribution >= 4 is 17.1 Å². The topological polar surface area (TPSA) is 56.7 Å². The van der Waals surface area contributed by atoms with Gasteiger partial charge in [0, 0.05) is 6.20 Å². The molecule has 0 aliphatic heterocycles. The van der Waals surface area contributed by atoms with Crippen molar-refractivity contribution in [2.75, 3.05) is 5.73 Å². The molecule has 0 saturated heterocycles. The second kappa shape index (κ2) is 4.22. The molecule has 0 bridgehead atoms. The van der Waals surface area contributed by atoms with Crippen LogP contribution in [0.15, 0.2) is 24.4 Å². The zero-order valence-electron chi connectivity index (χ0n) is 10.4. The molecule has 4 nitrogen and oxygen atoms in total. The van der Waals surface area contributed by atoms with E-state index in [0.717, 1.165) is 22.3 Å². The minimum atomic E-state index is -1.56. The summed E-state index contributed by atoms with van der Waals surface area (Å²) in [5.41, 5.74) is 7.07. The maximum absolute atomic E-state index is 13.9. The summed E-state index contributed by atoms with van der Waals surface area (Å²) >= 11 is 0. The Hall–Kier alpha value is -2.57. The van der Waals surface area contributed by atoms with Gasteiger partial charge >= 0.3 is 0 Å². The molecule has 0 spiro atoms. The van der Waals surface area contributed by atoms with Crippen molar-refractivity contribution in [1.29, 1.82) is 0 Å². The molecular formula is C13H9F3N4. The Kier molecular flexibility index (Phi) is 2.63. The van der Waals surface area contributed by atoms with Crippen LogP contribution in [0.2, 0.25) is 0 Å². The third-order valence-electron chi connectivity index (χ3n) is 2.92. The van der Waals surface area contributed by atoms with Crippen molar-refractivity contribution in [3.63, 3.8) is 0 Å². The minimum Gasteiger partial charge on any atom is -0.369 e. The van der Waals surface area contributed by atoms with Crippen LogP contribution in [0.3, 0.4) is 0 Å². The van der Waals surface area contributed by atoms with Crippen molar-refractivity contribution in [3.8, 4) is 5.69 Å². The van der Waals surface area contributed by atoms with E-state index >= 15 is 0 Å². The summed E-state index contributed by atoms with van der Waals surface area (Å²) in [7, 11) is 0. The molecule has 0 fully saturated rings. The zero-order chi connectivity index (χ0) is 14.4. The SMILES string of the molecule is Cc1cnc2c(c1)nc(N)n2-c1ccc(F)c(F)c1F. The molecule has 0 saturated carbocycles. The van der Waals surface area contributed by atoms with E-state index in [1.165, 1.54) is 0 Å². The lowest BCUT2D eigenvalue weighted by Gasteiger charge is -2.08. The Labute approximate surface area is 111 Å². The van der Waals surface area contributed by atoms with Crippen LogP contribution in [0, 0.1) is 24.4 Å². The molecule has 1 aromatic carbocycles. The van der Waals surface area contributed by atoms with Gasteiger partial charge in [-0.1, -0.05) is 0 Å². The Morgan fingerprint density at radius 1 is 1.15 bits per heavy atom. The average Bonchev–Trinajstić information content (AvgIpc) is 2.72. The molecule has 102 valence electrons. The predicted octanol–water partition coefficient (Wildman–Crippen LogP) is 2.73. The zero-order valence-corrected chi connectivity index (χ0v) is 10.4. The Morgan fingerprint density at radius 2 is 1.90 bits per heavy atom. The summed E-state index contributed by atoms with van der Waals surface area (Å²) in [5, 5.41) is 0. The number of hydrogen-bond acceptors (Lipinski definition) is 3. The lowest BCUT2D eigenvalue weighted by molar-refractivity contribution is 0.445. The van der Waals surface area contributed by atoms with Crippen LogP contribution in [0.1, 0.15) is 5.56 Å². The fourth-order valence-electron chi connectivity index (χ4n) is 2.01. The molecule has 0 atom stereocenters. The van der Waals surface area contributed by atoms with Crippen molar-refractivity contribution < 1.29 is 13.2 Å². The average molecular weight is 278 g/mol. The van der Waals surface area contributed by atoms with E-state index in [2.05, 4.69) is 9.97 Å². The van der Waals surface area contributed by atoms with Gasteiger partial charge in [0.15, 0.2) is 23.1 Å². The molecular weight excluding hydrogens is 269 g/mol. The number of aromatic nitrogens is 3. The molecule has 0 radical (unpaired) electrons. The molecule has 20 heavy (non-hydrogen) atoms. The number of imidazole rings is 1. The molecule has 2 heterocycles. The van der Waals surface area contributed by atoms with Crippen LogP contribution in [0.5, 0.6) is 0 Å². The van der Waals surface area contributed by atoms with Crippen molar-refractivity contribution in [2.45, 2.75) is 6.92 Å². The summed E-state index contributed by atoms with van der Waals surface area (Å²) in [6.45, 7) is 1.82. The highest BCUT2D eigenvalue weighted by molar-refractivity contribution is 5.77. The van der Waals surface area contributed by atoms with Gasteiger partial charge in [0.05, 0.1) is 5.69 Å². The molecule has 0 aliphatic carbocycles. The van der Waals surface area contributed by atoms with Crippen molar-refractivity contribution in [1.82, 2.24) is 14.5 Å². The molecule has 0 unspecified atom stereocenters. The number of nitrogens with two attached hydrogens (primary N) is 1. The fourth-order valence-corrected chi connectivity index (χ4v) is 2.01. The number of benzene rings is 1. The second-order valence-corrected chi connectivity index (χ2v) is 4.36. The highest BCUT2D eigenvalue weighted by Crippen LogP contribution is 2.26. The maximum atomic E-state index is 13.9. The quantitative estimate of drug-likeness (QED) is 0.696. The van der Waals surface area contributed by atoms with Gasteiger partial charge in [-0.3, -0.25) is 4.57 Å². The number of halogens is 3. The standard InChI is InChI=1S/C13H9F3N4/c1-6-4-8-12(18-5-6)20(13(17)19-8)9-3-2-7(14)10(15)11(9)16/h2-5H,1H3,(H2,17,19). The van der Waals surface area contributed by atoms with E-state index in [-0.39, 0.29) is 17.3 Å². The largest absolute Gasteiger partial charge is 0.369 e. The second-order valence-electron chi connectivity index (χ2n) is 4.36. The van der Waals surface area contributed by atoms with Crippen LogP contribution in [0.25, 0.3) is 16.9 Å². The van der Waals surface area contributed by atoms with Crippen LogP contribution < -0.4 is 5.73 Å². The van der Waals surface area contributed by atoms with E-state index < -0.39 is 17.5 Å². The van der Waals surface area contributed by atoms with Gasteiger partial charge in [-0.25, -0.2) is 23.1 Å². The molecule has 0 aliphatic rings. The van der Waals surface area contributed by atoms with Gasteiger partial charge in [0.25, 0.3) is 0 Å². The first-order valence-corrected chi connectivity index (χ1v) is 5.73. The number of rotatable bonds is 1. The number of aryl methyl sites for hydroxylation is 1. The number of fused-ring (bicyclic) bond motifs is 1. The van der Waals surface area contributed by atoms with Gasteiger partial charge in [-0.15, -0.1) is 0 Å². The highest BCUT2D eigenvalue weighted by Gasteiger charge is 2.19. The van der Waals surface area contributed by atoms with Gasteiger partial charge < -0.3 is 5.73 Å². The molecule has 2 N–H and O–H groups in total. The lowest BCUT2D eigenvalue weighted by atomic mass is 10.2. The number of nitrogen functional groups attached to an aromatic ring is 1. The van der Waals surface area contributed by atoms with E-state index in [0.29, 0.717) is 5.52 Å². The monoisotopic (exact) mass is 278 g/mol. The smallest absolute Gasteiger partial charge is 0.207 e. The fraction of sp³-hybridized carbons (Fsp3) is 0.0769. The van der Waals surface area contributed by atoms with Gasteiger partial charge in [-0.05, 0) is 30.7 Å². The minimum absolute atomic E-state index is 0.0528. The summed E-state index contributed by atoms with van der Waals surface area (Å²) < 4.78 is 41.3. The molecule has 2 aromatic heterocycles. The van der Waals surface area contributed by atoms with E-state index in [1.54, 1.807) is 12.3 Å². The number of hydrogen-bond donors (Lipinski definition) is 1. The number of anilines is 1. The molecule has 7 heteroatoms. The van der Waals surface area contributed by atoms with Gasteiger partial charge in [0.2, 0.25) is 5.95 Å². The Balaban J connectivity index is 2.35. The number of pyridine rings is 1. The highest BCUT2D eigenvalue weighted by atomic mass is 19.2. The van der Waals surface area contributed by atoms with Gasteiger partial charge in [0.1, 0.15) is 5.52 Å². The first-order chi connectivity index (χ1) is 9.49. The van der Waals surface area contributed by atoms with Crippen LogP contribution in [0.4, 0.5) is 19.1 Å². The molecule has 3 rings (SSSR count). The van der Waals surface area contributed by atoms with E-state index in [4.69, 9.17) is 5.73 Å². The maximum Gasteiger partial charge on any atom is 0.207 e. The van der Waals surface area contributed by atoms with Crippen LogP contribution in [-0.2, 0) is 0 Å².